The Bertz CT molecular complexity index is 139. The molecule has 0 unspecified atom stereocenters. The zero-order valence-electron chi connectivity index (χ0n) is 4.34. The molecule has 0 atom stereocenters. The first-order valence-electron chi connectivity index (χ1n) is 2.04. The molecule has 7 heavy (non-hydrogen) atoms. The van der Waals surface area contributed by atoms with Crippen LogP contribution in [0, 0.1) is 13.3 Å². The molecule has 1 aromatic heterocycles. The van der Waals surface area contributed by atoms with Crippen molar-refractivity contribution in [3.63, 3.8) is 0 Å². The normalized spacial score (nSPS) is 9.43. The standard InChI is InChI=1S/C4H6N3/c1-4-5-3-6-7(4)2/h1-2H3. The monoisotopic (exact) mass is 96.1 g/mol. The Hall–Kier alpha value is -0.860. The van der Waals surface area contributed by atoms with Gasteiger partial charge in [-0.25, -0.2) is 4.98 Å². The molecule has 3 heteroatoms. The van der Waals surface area contributed by atoms with Gasteiger partial charge in [-0.3, -0.25) is 4.68 Å². The molecular formula is C4H6N3. The molecule has 0 saturated carbocycles. The summed E-state index contributed by atoms with van der Waals surface area (Å²) in [7, 11) is 1.83. The number of nitrogens with zero attached hydrogens (tertiary/aromatic N) is 3. The fourth-order valence-electron chi connectivity index (χ4n) is 0.307. The zero-order chi connectivity index (χ0) is 5.28. The molecule has 1 radical (unpaired) electrons. The van der Waals surface area contributed by atoms with Crippen molar-refractivity contribution < 1.29 is 0 Å². The van der Waals surface area contributed by atoms with Gasteiger partial charge in [0.05, 0.1) is 0 Å². The van der Waals surface area contributed by atoms with E-state index in [2.05, 4.69) is 16.4 Å². The summed E-state index contributed by atoms with van der Waals surface area (Å²) in [6, 6.07) is 0. The average Bonchev–Trinajstić information content (AvgIpc) is 1.91. The van der Waals surface area contributed by atoms with Gasteiger partial charge in [0.1, 0.15) is 5.82 Å². The summed E-state index contributed by atoms with van der Waals surface area (Å²) in [6.45, 7) is 1.88. The average molecular weight is 96.1 g/mol. The molecule has 0 saturated heterocycles. The van der Waals surface area contributed by atoms with E-state index in [1.54, 1.807) is 4.68 Å². The largest absolute Gasteiger partial charge is 0.253 e. The quantitative estimate of drug-likeness (QED) is 0.452. The zero-order valence-corrected chi connectivity index (χ0v) is 4.34. The highest BCUT2D eigenvalue weighted by atomic mass is 15.3. The van der Waals surface area contributed by atoms with Gasteiger partial charge < -0.3 is 0 Å². The van der Waals surface area contributed by atoms with E-state index in [4.69, 9.17) is 0 Å². The number of hydrogen-bond acceptors (Lipinski definition) is 2. The first-order valence-corrected chi connectivity index (χ1v) is 2.04. The Labute approximate surface area is 42.0 Å². The van der Waals surface area contributed by atoms with Crippen LogP contribution in [0.4, 0.5) is 0 Å². The highest BCUT2D eigenvalue weighted by Gasteiger charge is 1.86. The summed E-state index contributed by atoms with van der Waals surface area (Å²) in [5.74, 6) is 0.889. The summed E-state index contributed by atoms with van der Waals surface area (Å²) in [5, 5.41) is 3.70. The van der Waals surface area contributed by atoms with Gasteiger partial charge in [0.15, 0.2) is 0 Å². The summed E-state index contributed by atoms with van der Waals surface area (Å²) >= 11 is 0. The summed E-state index contributed by atoms with van der Waals surface area (Å²) in [5.41, 5.74) is 0. The Morgan fingerprint density at radius 3 is 2.57 bits per heavy atom. The molecule has 1 rings (SSSR count). The van der Waals surface area contributed by atoms with Crippen molar-refractivity contribution in [1.29, 1.82) is 0 Å². The van der Waals surface area contributed by atoms with Gasteiger partial charge in [0.25, 0.3) is 0 Å². The molecule has 1 heterocycles. The highest BCUT2D eigenvalue weighted by molar-refractivity contribution is 4.74. The third-order valence-corrected chi connectivity index (χ3v) is 0.875. The Kier molecular flexibility index (Phi) is 0.817. The molecule has 0 bridgehead atoms. The molecule has 0 amide bonds. The molecule has 1 aromatic rings. The lowest BCUT2D eigenvalue weighted by atomic mass is 10.7. The van der Waals surface area contributed by atoms with Crippen molar-refractivity contribution in [2.45, 2.75) is 6.92 Å². The predicted octanol–water partition coefficient (Wildman–Crippen LogP) is -0.0763. The van der Waals surface area contributed by atoms with Crippen LogP contribution < -0.4 is 0 Å². The van der Waals surface area contributed by atoms with Crippen LogP contribution in [0.25, 0.3) is 0 Å². The lowest BCUT2D eigenvalue weighted by Gasteiger charge is -1.84. The van der Waals surface area contributed by atoms with E-state index in [1.165, 1.54) is 0 Å². The van der Waals surface area contributed by atoms with Gasteiger partial charge in [-0.15, -0.1) is 5.10 Å². The smallest absolute Gasteiger partial charge is 0.221 e. The van der Waals surface area contributed by atoms with Crippen LogP contribution in [0.2, 0.25) is 0 Å². The molecule has 0 aliphatic heterocycles. The van der Waals surface area contributed by atoms with E-state index in [-0.39, 0.29) is 0 Å². The van der Waals surface area contributed by atoms with Gasteiger partial charge in [0, 0.05) is 7.05 Å². The third kappa shape index (κ3) is 0.607. The molecule has 37 valence electrons. The minimum atomic E-state index is 0.889. The summed E-state index contributed by atoms with van der Waals surface area (Å²) in [6.07, 6.45) is 2.46. The van der Waals surface area contributed by atoms with Crippen LogP contribution >= 0.6 is 0 Å². The van der Waals surface area contributed by atoms with Crippen LogP contribution in [-0.4, -0.2) is 14.8 Å². The van der Waals surface area contributed by atoms with E-state index in [0.717, 1.165) is 5.82 Å². The lowest BCUT2D eigenvalue weighted by Crippen LogP contribution is -1.91. The predicted molar refractivity (Wildman–Crippen MR) is 24.6 cm³/mol. The summed E-state index contributed by atoms with van der Waals surface area (Å²) in [4.78, 5) is 3.74. The fourth-order valence-corrected chi connectivity index (χ4v) is 0.307. The van der Waals surface area contributed by atoms with E-state index in [0.29, 0.717) is 0 Å². The molecule has 0 N–H and O–H groups in total. The van der Waals surface area contributed by atoms with Gasteiger partial charge >= 0.3 is 0 Å². The number of hydrogen-bond donors (Lipinski definition) is 0. The second kappa shape index (κ2) is 1.33. The maximum atomic E-state index is 3.74. The number of aromatic nitrogens is 3. The van der Waals surface area contributed by atoms with Crippen molar-refractivity contribution in [1.82, 2.24) is 14.8 Å². The van der Waals surface area contributed by atoms with E-state index >= 15 is 0 Å². The number of rotatable bonds is 0. The first kappa shape index (κ1) is 4.30. The van der Waals surface area contributed by atoms with E-state index in [9.17, 15) is 0 Å². The minimum absolute atomic E-state index is 0.889. The lowest BCUT2D eigenvalue weighted by molar-refractivity contribution is 0.733. The van der Waals surface area contributed by atoms with Gasteiger partial charge in [-0.1, -0.05) is 0 Å². The maximum absolute atomic E-state index is 3.74. The van der Waals surface area contributed by atoms with Crippen molar-refractivity contribution in [2.24, 2.45) is 7.05 Å². The minimum Gasteiger partial charge on any atom is -0.253 e. The van der Waals surface area contributed by atoms with Gasteiger partial charge in [0.2, 0.25) is 6.33 Å². The first-order chi connectivity index (χ1) is 3.30. The Morgan fingerprint density at radius 1 is 1.71 bits per heavy atom. The maximum Gasteiger partial charge on any atom is 0.221 e. The Balaban J connectivity index is 3.12. The van der Waals surface area contributed by atoms with Crippen LogP contribution in [-0.2, 0) is 7.05 Å². The SMILES string of the molecule is Cc1n[c]nn1C. The van der Waals surface area contributed by atoms with Crippen molar-refractivity contribution in [3.8, 4) is 0 Å². The third-order valence-electron chi connectivity index (χ3n) is 0.875. The van der Waals surface area contributed by atoms with Gasteiger partial charge in [-0.05, 0) is 6.92 Å². The van der Waals surface area contributed by atoms with Crippen LogP contribution in [0.3, 0.4) is 0 Å². The molecule has 0 fully saturated rings. The molecular weight excluding hydrogens is 90.1 g/mol. The molecule has 0 spiro atoms. The Morgan fingerprint density at radius 2 is 2.43 bits per heavy atom. The van der Waals surface area contributed by atoms with Crippen molar-refractivity contribution in [3.05, 3.63) is 12.2 Å². The van der Waals surface area contributed by atoms with Crippen LogP contribution in [0.15, 0.2) is 0 Å². The van der Waals surface area contributed by atoms with Crippen LogP contribution in [0.1, 0.15) is 5.82 Å². The summed E-state index contributed by atoms with van der Waals surface area (Å²) < 4.78 is 1.67. The molecule has 0 aliphatic rings. The van der Waals surface area contributed by atoms with E-state index < -0.39 is 0 Å². The molecule has 0 aliphatic carbocycles. The van der Waals surface area contributed by atoms with Gasteiger partial charge in [-0.2, -0.15) is 0 Å². The second-order valence-electron chi connectivity index (χ2n) is 1.38. The topological polar surface area (TPSA) is 30.7 Å². The fraction of sp³-hybridized carbons (Fsp3) is 0.500. The van der Waals surface area contributed by atoms with Crippen molar-refractivity contribution >= 4 is 0 Å². The molecule has 0 aromatic carbocycles. The molecule has 3 nitrogen and oxygen atoms in total. The van der Waals surface area contributed by atoms with Crippen molar-refractivity contribution in [2.75, 3.05) is 0 Å². The number of aryl methyl sites for hydroxylation is 2. The highest BCUT2D eigenvalue weighted by Crippen LogP contribution is 1.81. The van der Waals surface area contributed by atoms with E-state index in [1.807, 2.05) is 14.0 Å². The van der Waals surface area contributed by atoms with Crippen LogP contribution in [0.5, 0.6) is 0 Å². The second-order valence-corrected chi connectivity index (χ2v) is 1.38.